The Balaban J connectivity index is 2.53. The number of hydrogen-bond acceptors (Lipinski definition) is 4. The Morgan fingerprint density at radius 2 is 2.26 bits per heavy atom. The maximum Gasteiger partial charge on any atom is 0.283 e. The molecule has 0 spiro atoms. The third-order valence-electron chi connectivity index (χ3n) is 3.03. The lowest BCUT2D eigenvalue weighted by Gasteiger charge is -2.11. The molecule has 0 fully saturated rings. The first kappa shape index (κ1) is 13.2. The number of fused-ring (bicyclic) bond motifs is 1. The Kier molecular flexibility index (Phi) is 3.59. The Bertz CT molecular complexity index is 678. The van der Waals surface area contributed by atoms with Crippen LogP contribution in [0.2, 0.25) is 0 Å². The van der Waals surface area contributed by atoms with Gasteiger partial charge in [0.15, 0.2) is 11.3 Å². The number of aromatic nitrogens is 3. The van der Waals surface area contributed by atoms with E-state index in [-0.39, 0.29) is 11.7 Å². The summed E-state index contributed by atoms with van der Waals surface area (Å²) in [7, 11) is 1.58. The predicted molar refractivity (Wildman–Crippen MR) is 72.0 cm³/mol. The maximum atomic E-state index is 12.1. The minimum absolute atomic E-state index is 0.00333. The second-order valence-corrected chi connectivity index (χ2v) is 4.45. The van der Waals surface area contributed by atoms with Gasteiger partial charge in [-0.2, -0.15) is 0 Å². The van der Waals surface area contributed by atoms with Crippen molar-refractivity contribution in [3.05, 3.63) is 34.4 Å². The van der Waals surface area contributed by atoms with Crippen LogP contribution in [0.25, 0.3) is 11.2 Å². The number of rotatable bonds is 3. The van der Waals surface area contributed by atoms with E-state index in [0.717, 1.165) is 6.42 Å². The molecule has 6 nitrogen and oxygen atoms in total. The number of amides is 1. The van der Waals surface area contributed by atoms with Crippen molar-refractivity contribution >= 4 is 17.1 Å². The van der Waals surface area contributed by atoms with Crippen molar-refractivity contribution in [2.24, 2.45) is 7.05 Å². The Morgan fingerprint density at radius 3 is 2.95 bits per heavy atom. The number of aryl methyl sites for hydroxylation is 1. The van der Waals surface area contributed by atoms with E-state index >= 15 is 0 Å². The predicted octanol–water partition coefficient (Wildman–Crippen LogP) is 0.857. The van der Waals surface area contributed by atoms with Gasteiger partial charge in [0.2, 0.25) is 0 Å². The molecule has 19 heavy (non-hydrogen) atoms. The summed E-state index contributed by atoms with van der Waals surface area (Å²) in [4.78, 5) is 32.3. The molecular formula is C13H16N4O2. The Labute approximate surface area is 110 Å². The highest BCUT2D eigenvalue weighted by atomic mass is 16.2. The fourth-order valence-corrected chi connectivity index (χ4v) is 1.70. The molecule has 0 unspecified atom stereocenters. The Hall–Kier alpha value is -2.24. The second kappa shape index (κ2) is 5.17. The largest absolute Gasteiger partial charge is 0.348 e. The van der Waals surface area contributed by atoms with E-state index in [1.54, 1.807) is 25.4 Å². The standard InChI is InChI=1S/C13H16N4O2/c1-4-8(2)15-12(18)10-13(19)17(3)11-9(16-10)6-5-7-14-11/h5-8H,4H2,1-3H3,(H,15,18)/t8-/m0/s1. The molecule has 0 aromatic carbocycles. The van der Waals surface area contributed by atoms with Crippen LogP contribution in [0.1, 0.15) is 30.8 Å². The van der Waals surface area contributed by atoms with Gasteiger partial charge >= 0.3 is 0 Å². The molecule has 0 aliphatic carbocycles. The Morgan fingerprint density at radius 1 is 1.53 bits per heavy atom. The number of hydrogen-bond donors (Lipinski definition) is 1. The van der Waals surface area contributed by atoms with E-state index in [4.69, 9.17) is 0 Å². The van der Waals surface area contributed by atoms with Crippen molar-refractivity contribution in [3.63, 3.8) is 0 Å². The molecule has 0 radical (unpaired) electrons. The number of pyridine rings is 1. The zero-order chi connectivity index (χ0) is 14.0. The lowest BCUT2D eigenvalue weighted by molar-refractivity contribution is 0.0932. The first-order valence-corrected chi connectivity index (χ1v) is 6.17. The molecule has 0 saturated carbocycles. The SMILES string of the molecule is CC[C@H](C)NC(=O)c1nc2cccnc2n(C)c1=O. The molecule has 0 saturated heterocycles. The van der Waals surface area contributed by atoms with Crippen LogP contribution in [0.3, 0.4) is 0 Å². The highest BCUT2D eigenvalue weighted by Crippen LogP contribution is 2.05. The molecule has 2 aromatic heterocycles. The van der Waals surface area contributed by atoms with E-state index in [1.165, 1.54) is 4.57 Å². The number of carbonyl (C=O) groups is 1. The van der Waals surface area contributed by atoms with Gasteiger partial charge < -0.3 is 5.32 Å². The molecule has 1 N–H and O–H groups in total. The summed E-state index contributed by atoms with van der Waals surface area (Å²) in [5.74, 6) is -0.444. The topological polar surface area (TPSA) is 76.9 Å². The van der Waals surface area contributed by atoms with Gasteiger partial charge in [-0.25, -0.2) is 9.97 Å². The maximum absolute atomic E-state index is 12.1. The molecule has 2 aromatic rings. The molecule has 2 rings (SSSR count). The van der Waals surface area contributed by atoms with Crippen LogP contribution in [0.5, 0.6) is 0 Å². The van der Waals surface area contributed by atoms with Crippen LogP contribution in [-0.2, 0) is 7.05 Å². The summed E-state index contributed by atoms with van der Waals surface area (Å²) < 4.78 is 1.34. The number of carbonyl (C=O) groups excluding carboxylic acids is 1. The van der Waals surface area contributed by atoms with Gasteiger partial charge in [-0.3, -0.25) is 14.2 Å². The minimum Gasteiger partial charge on any atom is -0.348 e. The van der Waals surface area contributed by atoms with E-state index in [0.29, 0.717) is 11.2 Å². The van der Waals surface area contributed by atoms with Crippen molar-refractivity contribution in [1.29, 1.82) is 0 Å². The van der Waals surface area contributed by atoms with E-state index in [9.17, 15) is 9.59 Å². The molecule has 1 amide bonds. The van der Waals surface area contributed by atoms with Crippen LogP contribution >= 0.6 is 0 Å². The molecule has 100 valence electrons. The quantitative estimate of drug-likeness (QED) is 0.887. The lowest BCUT2D eigenvalue weighted by atomic mass is 10.2. The van der Waals surface area contributed by atoms with Crippen molar-refractivity contribution in [3.8, 4) is 0 Å². The summed E-state index contributed by atoms with van der Waals surface area (Å²) in [6.07, 6.45) is 2.38. The molecule has 1 atom stereocenters. The van der Waals surface area contributed by atoms with Gasteiger partial charge in [0.25, 0.3) is 11.5 Å². The summed E-state index contributed by atoms with van der Waals surface area (Å²) in [5.41, 5.74) is 0.460. The third kappa shape index (κ3) is 2.47. The van der Waals surface area contributed by atoms with E-state index < -0.39 is 11.5 Å². The first-order chi connectivity index (χ1) is 9.04. The average molecular weight is 260 g/mol. The summed E-state index contributed by atoms with van der Waals surface area (Å²) >= 11 is 0. The summed E-state index contributed by atoms with van der Waals surface area (Å²) in [5, 5.41) is 2.74. The molecule has 0 aliphatic heterocycles. The second-order valence-electron chi connectivity index (χ2n) is 4.45. The van der Waals surface area contributed by atoms with Gasteiger partial charge in [-0.15, -0.1) is 0 Å². The van der Waals surface area contributed by atoms with Crippen molar-refractivity contribution in [2.45, 2.75) is 26.3 Å². The fraction of sp³-hybridized carbons (Fsp3) is 0.385. The van der Waals surface area contributed by atoms with E-state index in [1.807, 2.05) is 13.8 Å². The first-order valence-electron chi connectivity index (χ1n) is 6.17. The number of nitrogens with zero attached hydrogens (tertiary/aromatic N) is 3. The zero-order valence-electron chi connectivity index (χ0n) is 11.2. The molecule has 0 aliphatic rings. The smallest absolute Gasteiger partial charge is 0.283 e. The molecule has 6 heteroatoms. The van der Waals surface area contributed by atoms with Crippen molar-refractivity contribution < 1.29 is 4.79 Å². The van der Waals surface area contributed by atoms with Crippen LogP contribution in [0.15, 0.2) is 23.1 Å². The van der Waals surface area contributed by atoms with Gasteiger partial charge in [0, 0.05) is 19.3 Å². The van der Waals surface area contributed by atoms with Crippen LogP contribution in [0.4, 0.5) is 0 Å². The fourth-order valence-electron chi connectivity index (χ4n) is 1.70. The van der Waals surface area contributed by atoms with Crippen LogP contribution < -0.4 is 10.9 Å². The van der Waals surface area contributed by atoms with Gasteiger partial charge in [0.1, 0.15) is 5.52 Å². The monoisotopic (exact) mass is 260 g/mol. The summed E-state index contributed by atoms with van der Waals surface area (Å²) in [6, 6.07) is 3.45. The van der Waals surface area contributed by atoms with E-state index in [2.05, 4.69) is 15.3 Å². The van der Waals surface area contributed by atoms with Crippen molar-refractivity contribution in [1.82, 2.24) is 19.9 Å². The van der Waals surface area contributed by atoms with Gasteiger partial charge in [0.05, 0.1) is 0 Å². The minimum atomic E-state index is -0.444. The molecule has 0 bridgehead atoms. The average Bonchev–Trinajstić information content (AvgIpc) is 2.42. The summed E-state index contributed by atoms with van der Waals surface area (Å²) in [6.45, 7) is 3.84. The van der Waals surface area contributed by atoms with Crippen LogP contribution in [-0.4, -0.2) is 26.5 Å². The van der Waals surface area contributed by atoms with Gasteiger partial charge in [-0.1, -0.05) is 6.92 Å². The lowest BCUT2D eigenvalue weighted by Crippen LogP contribution is -2.38. The highest BCUT2D eigenvalue weighted by Gasteiger charge is 2.17. The third-order valence-corrected chi connectivity index (χ3v) is 3.03. The highest BCUT2D eigenvalue weighted by molar-refractivity contribution is 5.93. The van der Waals surface area contributed by atoms with Gasteiger partial charge in [-0.05, 0) is 25.5 Å². The number of nitrogens with one attached hydrogen (secondary N) is 1. The molecular weight excluding hydrogens is 244 g/mol. The van der Waals surface area contributed by atoms with Crippen LogP contribution in [0, 0.1) is 0 Å². The normalized spacial score (nSPS) is 12.4. The van der Waals surface area contributed by atoms with Crippen molar-refractivity contribution in [2.75, 3.05) is 0 Å². The zero-order valence-corrected chi connectivity index (χ0v) is 11.2. The molecule has 2 heterocycles.